The minimum absolute atomic E-state index is 0.00317. The molecule has 0 aromatic heterocycles. The number of hydrogen-bond acceptors (Lipinski definition) is 3. The van der Waals surface area contributed by atoms with E-state index < -0.39 is 5.97 Å². The van der Waals surface area contributed by atoms with E-state index in [1.807, 2.05) is 37.3 Å². The fraction of sp³-hybridized carbons (Fsp3) is 0.467. The van der Waals surface area contributed by atoms with Gasteiger partial charge in [0.25, 0.3) is 0 Å². The van der Waals surface area contributed by atoms with Gasteiger partial charge in [-0.3, -0.25) is 14.5 Å². The van der Waals surface area contributed by atoms with E-state index in [2.05, 4.69) is 0 Å². The molecule has 1 amide bonds. The van der Waals surface area contributed by atoms with Crippen molar-refractivity contribution < 1.29 is 14.7 Å². The summed E-state index contributed by atoms with van der Waals surface area (Å²) >= 11 is 0. The van der Waals surface area contributed by atoms with Crippen LogP contribution in [0.25, 0.3) is 0 Å². The van der Waals surface area contributed by atoms with Crippen LogP contribution in [0.4, 0.5) is 0 Å². The SMILES string of the molecule is CC(c1ccccc1)N(C)C(=O)CN(C)CCC(=O)O. The fourth-order valence-electron chi connectivity index (χ4n) is 1.88. The monoisotopic (exact) mass is 278 g/mol. The van der Waals surface area contributed by atoms with Crippen molar-refractivity contribution in [2.75, 3.05) is 27.2 Å². The second kappa shape index (κ2) is 7.65. The maximum atomic E-state index is 12.1. The summed E-state index contributed by atoms with van der Waals surface area (Å²) in [6.07, 6.45) is 0.0434. The van der Waals surface area contributed by atoms with Crippen molar-refractivity contribution in [2.24, 2.45) is 0 Å². The fourth-order valence-corrected chi connectivity index (χ4v) is 1.88. The molecule has 0 aliphatic heterocycles. The average Bonchev–Trinajstić information content (AvgIpc) is 2.44. The molecular weight excluding hydrogens is 256 g/mol. The number of carbonyl (C=O) groups is 2. The highest BCUT2D eigenvalue weighted by molar-refractivity contribution is 5.78. The Morgan fingerprint density at radius 3 is 2.35 bits per heavy atom. The lowest BCUT2D eigenvalue weighted by Gasteiger charge is -2.27. The first-order valence-corrected chi connectivity index (χ1v) is 6.62. The summed E-state index contributed by atoms with van der Waals surface area (Å²) in [6, 6.07) is 9.81. The van der Waals surface area contributed by atoms with Crippen LogP contribution in [0.3, 0.4) is 0 Å². The van der Waals surface area contributed by atoms with E-state index >= 15 is 0 Å². The minimum Gasteiger partial charge on any atom is -0.481 e. The van der Waals surface area contributed by atoms with Gasteiger partial charge in [0, 0.05) is 13.6 Å². The Balaban J connectivity index is 2.52. The highest BCUT2D eigenvalue weighted by Gasteiger charge is 2.18. The summed E-state index contributed by atoms with van der Waals surface area (Å²) in [6.45, 7) is 2.57. The van der Waals surface area contributed by atoms with Gasteiger partial charge in [0.2, 0.25) is 5.91 Å². The van der Waals surface area contributed by atoms with Crippen LogP contribution in [0.15, 0.2) is 30.3 Å². The lowest BCUT2D eigenvalue weighted by molar-refractivity contribution is -0.138. The first-order chi connectivity index (χ1) is 9.41. The molecule has 0 bridgehead atoms. The first kappa shape index (κ1) is 16.2. The number of rotatable bonds is 7. The summed E-state index contributed by atoms with van der Waals surface area (Å²) < 4.78 is 0. The van der Waals surface area contributed by atoms with Crippen molar-refractivity contribution >= 4 is 11.9 Å². The Hall–Kier alpha value is -1.88. The van der Waals surface area contributed by atoms with Crippen LogP contribution in [0.5, 0.6) is 0 Å². The van der Waals surface area contributed by atoms with Gasteiger partial charge >= 0.3 is 5.97 Å². The van der Waals surface area contributed by atoms with Crippen LogP contribution in [-0.4, -0.2) is 54.0 Å². The van der Waals surface area contributed by atoms with Crippen LogP contribution in [-0.2, 0) is 9.59 Å². The molecule has 1 rings (SSSR count). The molecule has 110 valence electrons. The Kier molecular flexibility index (Phi) is 6.18. The summed E-state index contributed by atoms with van der Waals surface area (Å²) in [5.74, 6) is -0.871. The Labute approximate surface area is 119 Å². The molecule has 20 heavy (non-hydrogen) atoms. The molecule has 0 aliphatic rings. The summed E-state index contributed by atoms with van der Waals surface area (Å²) in [5.41, 5.74) is 1.08. The zero-order chi connectivity index (χ0) is 15.1. The molecule has 1 atom stereocenters. The van der Waals surface area contributed by atoms with E-state index in [1.165, 1.54) is 0 Å². The number of hydrogen-bond donors (Lipinski definition) is 1. The van der Waals surface area contributed by atoms with E-state index in [-0.39, 0.29) is 24.9 Å². The van der Waals surface area contributed by atoms with Crippen molar-refractivity contribution in [3.05, 3.63) is 35.9 Å². The van der Waals surface area contributed by atoms with Gasteiger partial charge in [-0.25, -0.2) is 0 Å². The van der Waals surface area contributed by atoms with Gasteiger partial charge in [-0.1, -0.05) is 30.3 Å². The third-order valence-corrected chi connectivity index (χ3v) is 3.37. The van der Waals surface area contributed by atoms with E-state index in [0.717, 1.165) is 5.56 Å². The molecule has 0 heterocycles. The van der Waals surface area contributed by atoms with E-state index in [0.29, 0.717) is 6.54 Å². The van der Waals surface area contributed by atoms with Crippen LogP contribution >= 0.6 is 0 Å². The van der Waals surface area contributed by atoms with Gasteiger partial charge < -0.3 is 10.0 Å². The summed E-state index contributed by atoms with van der Waals surface area (Å²) in [7, 11) is 3.52. The number of likely N-dealkylation sites (N-methyl/N-ethyl adjacent to an activating group) is 2. The summed E-state index contributed by atoms with van der Waals surface area (Å²) in [5, 5.41) is 8.62. The lowest BCUT2D eigenvalue weighted by atomic mass is 10.1. The molecule has 1 aromatic carbocycles. The molecule has 1 N–H and O–H groups in total. The Morgan fingerprint density at radius 2 is 1.80 bits per heavy atom. The van der Waals surface area contributed by atoms with Crippen molar-refractivity contribution in [2.45, 2.75) is 19.4 Å². The number of carboxylic acid groups (broad SMARTS) is 1. The number of carboxylic acids is 1. The van der Waals surface area contributed by atoms with Gasteiger partial charge in [0.05, 0.1) is 19.0 Å². The van der Waals surface area contributed by atoms with Crippen molar-refractivity contribution in [1.29, 1.82) is 0 Å². The minimum atomic E-state index is -0.852. The molecule has 0 saturated heterocycles. The van der Waals surface area contributed by atoms with E-state index in [9.17, 15) is 9.59 Å². The van der Waals surface area contributed by atoms with Gasteiger partial charge in [-0.15, -0.1) is 0 Å². The first-order valence-electron chi connectivity index (χ1n) is 6.62. The number of nitrogens with zero attached hydrogens (tertiary/aromatic N) is 2. The number of benzene rings is 1. The van der Waals surface area contributed by atoms with Crippen LogP contribution in [0.2, 0.25) is 0 Å². The molecule has 0 saturated carbocycles. The number of carbonyl (C=O) groups excluding carboxylic acids is 1. The van der Waals surface area contributed by atoms with Crippen molar-refractivity contribution in [3.8, 4) is 0 Å². The third-order valence-electron chi connectivity index (χ3n) is 3.37. The van der Waals surface area contributed by atoms with Crippen molar-refractivity contribution in [3.63, 3.8) is 0 Å². The van der Waals surface area contributed by atoms with Crippen LogP contribution in [0, 0.1) is 0 Å². The predicted molar refractivity (Wildman–Crippen MR) is 77.4 cm³/mol. The highest BCUT2D eigenvalue weighted by Crippen LogP contribution is 2.18. The molecular formula is C15H22N2O3. The molecule has 5 heteroatoms. The number of aliphatic carboxylic acids is 1. The quantitative estimate of drug-likeness (QED) is 0.823. The van der Waals surface area contributed by atoms with E-state index in [4.69, 9.17) is 5.11 Å². The molecule has 0 fully saturated rings. The Bertz CT molecular complexity index is 448. The van der Waals surface area contributed by atoms with Gasteiger partial charge in [0.1, 0.15) is 0 Å². The molecule has 1 aromatic rings. The molecule has 0 spiro atoms. The second-order valence-electron chi connectivity index (χ2n) is 4.97. The lowest BCUT2D eigenvalue weighted by Crippen LogP contribution is -2.38. The van der Waals surface area contributed by atoms with E-state index in [1.54, 1.807) is 23.9 Å². The topological polar surface area (TPSA) is 60.9 Å². The van der Waals surface area contributed by atoms with Gasteiger partial charge in [0.15, 0.2) is 0 Å². The predicted octanol–water partition coefficient (Wildman–Crippen LogP) is 1.61. The van der Waals surface area contributed by atoms with Gasteiger partial charge in [-0.05, 0) is 19.5 Å². The maximum Gasteiger partial charge on any atom is 0.304 e. The summed E-state index contributed by atoms with van der Waals surface area (Å²) in [4.78, 5) is 26.1. The Morgan fingerprint density at radius 1 is 1.20 bits per heavy atom. The number of amides is 1. The van der Waals surface area contributed by atoms with Crippen molar-refractivity contribution in [1.82, 2.24) is 9.80 Å². The maximum absolute atomic E-state index is 12.1. The van der Waals surface area contributed by atoms with Crippen LogP contribution < -0.4 is 0 Å². The highest BCUT2D eigenvalue weighted by atomic mass is 16.4. The molecule has 0 radical (unpaired) electrons. The smallest absolute Gasteiger partial charge is 0.304 e. The zero-order valence-corrected chi connectivity index (χ0v) is 12.2. The molecule has 0 aliphatic carbocycles. The average molecular weight is 278 g/mol. The largest absolute Gasteiger partial charge is 0.481 e. The molecule has 1 unspecified atom stereocenters. The third kappa shape index (κ3) is 5.01. The zero-order valence-electron chi connectivity index (χ0n) is 12.2. The van der Waals surface area contributed by atoms with Crippen LogP contribution in [0.1, 0.15) is 24.9 Å². The molecule has 5 nitrogen and oxygen atoms in total. The standard InChI is InChI=1S/C15H22N2O3/c1-12(13-7-5-4-6-8-13)17(3)14(18)11-16(2)10-9-15(19)20/h4-8,12H,9-11H2,1-3H3,(H,19,20). The second-order valence-corrected chi connectivity index (χ2v) is 4.97. The normalized spacial score (nSPS) is 12.2. The van der Waals surface area contributed by atoms with Gasteiger partial charge in [-0.2, -0.15) is 0 Å².